The molecule has 0 atom stereocenters. The smallest absolute Gasteiger partial charge is 0.366 e. The number of amides is 1. The first-order valence-electron chi connectivity index (χ1n) is 9.81. The SMILES string of the molecule is CNC(=O)C1CCC(Nc2nc(NCc3cnccc3C(F)(F)F)ncc2C#N)CC1. The second kappa shape index (κ2) is 9.59. The van der Waals surface area contributed by atoms with E-state index in [9.17, 15) is 23.2 Å². The van der Waals surface area contributed by atoms with Crippen LogP contribution in [0, 0.1) is 17.2 Å². The van der Waals surface area contributed by atoms with Crippen molar-refractivity contribution >= 4 is 17.7 Å². The van der Waals surface area contributed by atoms with Gasteiger partial charge in [-0.2, -0.15) is 23.4 Å². The van der Waals surface area contributed by atoms with Crippen LogP contribution in [0.3, 0.4) is 0 Å². The number of hydrogen-bond donors (Lipinski definition) is 3. The van der Waals surface area contributed by atoms with Gasteiger partial charge in [-0.15, -0.1) is 0 Å². The predicted octanol–water partition coefficient (Wildman–Crippen LogP) is 3.09. The zero-order valence-electron chi connectivity index (χ0n) is 16.8. The van der Waals surface area contributed by atoms with Gasteiger partial charge >= 0.3 is 6.18 Å². The summed E-state index contributed by atoms with van der Waals surface area (Å²) in [5.41, 5.74) is -0.587. The van der Waals surface area contributed by atoms with Crippen LogP contribution < -0.4 is 16.0 Å². The van der Waals surface area contributed by atoms with Gasteiger partial charge in [0.1, 0.15) is 17.5 Å². The molecular weight excluding hydrogens is 411 g/mol. The number of aromatic nitrogens is 3. The highest BCUT2D eigenvalue weighted by atomic mass is 19.4. The van der Waals surface area contributed by atoms with E-state index in [1.807, 2.05) is 6.07 Å². The van der Waals surface area contributed by atoms with Crippen LogP contribution in [0.4, 0.5) is 24.9 Å². The third-order valence-corrected chi connectivity index (χ3v) is 5.24. The molecule has 2 aromatic heterocycles. The van der Waals surface area contributed by atoms with Crippen LogP contribution in [0.15, 0.2) is 24.7 Å². The van der Waals surface area contributed by atoms with Crippen LogP contribution in [0.5, 0.6) is 0 Å². The van der Waals surface area contributed by atoms with Crippen molar-refractivity contribution in [2.24, 2.45) is 5.92 Å². The van der Waals surface area contributed by atoms with Gasteiger partial charge in [-0.3, -0.25) is 9.78 Å². The summed E-state index contributed by atoms with van der Waals surface area (Å²) in [6.45, 7) is -0.175. The minimum Gasteiger partial charge on any atom is -0.366 e. The summed E-state index contributed by atoms with van der Waals surface area (Å²) in [7, 11) is 1.62. The fraction of sp³-hybridized carbons (Fsp3) is 0.450. The van der Waals surface area contributed by atoms with Crippen LogP contribution in [-0.2, 0) is 17.5 Å². The number of nitrogens with zero attached hydrogens (tertiary/aromatic N) is 4. The normalized spacial score (nSPS) is 18.7. The highest BCUT2D eigenvalue weighted by Crippen LogP contribution is 2.32. The molecule has 3 N–H and O–H groups in total. The number of rotatable bonds is 6. The maximum atomic E-state index is 13.1. The second-order valence-corrected chi connectivity index (χ2v) is 7.26. The molecule has 0 spiro atoms. The Morgan fingerprint density at radius 2 is 2.00 bits per heavy atom. The Labute approximate surface area is 177 Å². The number of anilines is 2. The topological polar surface area (TPSA) is 116 Å². The molecule has 2 heterocycles. The quantitative estimate of drug-likeness (QED) is 0.641. The molecule has 0 saturated heterocycles. The summed E-state index contributed by atoms with van der Waals surface area (Å²) >= 11 is 0. The number of pyridine rings is 1. The van der Waals surface area contributed by atoms with E-state index >= 15 is 0 Å². The first-order chi connectivity index (χ1) is 14.8. The van der Waals surface area contributed by atoms with Crippen molar-refractivity contribution in [2.45, 2.75) is 44.4 Å². The van der Waals surface area contributed by atoms with E-state index in [4.69, 9.17) is 0 Å². The average Bonchev–Trinajstić information content (AvgIpc) is 2.77. The summed E-state index contributed by atoms with van der Waals surface area (Å²) < 4.78 is 39.4. The molecule has 3 rings (SSSR count). The number of halogens is 3. The molecule has 1 aliphatic carbocycles. The van der Waals surface area contributed by atoms with Gasteiger partial charge < -0.3 is 16.0 Å². The van der Waals surface area contributed by atoms with Crippen molar-refractivity contribution in [3.8, 4) is 6.07 Å². The lowest BCUT2D eigenvalue weighted by atomic mass is 9.85. The van der Waals surface area contributed by atoms with E-state index in [0.29, 0.717) is 5.82 Å². The van der Waals surface area contributed by atoms with Gasteiger partial charge in [-0.05, 0) is 31.7 Å². The van der Waals surface area contributed by atoms with Crippen LogP contribution in [0.25, 0.3) is 0 Å². The van der Waals surface area contributed by atoms with Crippen molar-refractivity contribution in [1.82, 2.24) is 20.3 Å². The third-order valence-electron chi connectivity index (χ3n) is 5.24. The Morgan fingerprint density at radius 1 is 1.26 bits per heavy atom. The van der Waals surface area contributed by atoms with E-state index in [2.05, 4.69) is 30.9 Å². The Morgan fingerprint density at radius 3 is 2.65 bits per heavy atom. The number of nitrogens with one attached hydrogen (secondary N) is 3. The lowest BCUT2D eigenvalue weighted by molar-refractivity contribution is -0.138. The monoisotopic (exact) mass is 433 g/mol. The molecule has 0 radical (unpaired) electrons. The Balaban J connectivity index is 1.68. The summed E-state index contributed by atoms with van der Waals surface area (Å²) in [4.78, 5) is 23.8. The molecule has 2 aromatic rings. The maximum Gasteiger partial charge on any atom is 0.416 e. The van der Waals surface area contributed by atoms with Crippen LogP contribution in [0.2, 0.25) is 0 Å². The highest BCUT2D eigenvalue weighted by Gasteiger charge is 2.33. The molecular formula is C20H22F3N7O. The van der Waals surface area contributed by atoms with E-state index in [1.165, 1.54) is 6.20 Å². The molecule has 0 unspecified atom stereocenters. The van der Waals surface area contributed by atoms with Gasteiger partial charge in [0, 0.05) is 43.5 Å². The van der Waals surface area contributed by atoms with Crippen LogP contribution in [0.1, 0.15) is 42.4 Å². The van der Waals surface area contributed by atoms with Gasteiger partial charge in [0.05, 0.1) is 11.8 Å². The van der Waals surface area contributed by atoms with Gasteiger partial charge in [0.2, 0.25) is 11.9 Å². The van der Waals surface area contributed by atoms with Gasteiger partial charge in [0.15, 0.2) is 0 Å². The molecule has 164 valence electrons. The lowest BCUT2D eigenvalue weighted by Gasteiger charge is -2.28. The lowest BCUT2D eigenvalue weighted by Crippen LogP contribution is -2.34. The zero-order chi connectivity index (χ0) is 22.4. The number of carbonyl (C=O) groups excluding carboxylic acids is 1. The van der Waals surface area contributed by atoms with Crippen LogP contribution in [-0.4, -0.2) is 33.9 Å². The van der Waals surface area contributed by atoms with E-state index in [0.717, 1.165) is 44.1 Å². The summed E-state index contributed by atoms with van der Waals surface area (Å²) in [5.74, 6) is 0.407. The molecule has 1 fully saturated rings. The number of alkyl halides is 3. The van der Waals surface area contributed by atoms with E-state index in [1.54, 1.807) is 7.05 Å². The van der Waals surface area contributed by atoms with Gasteiger partial charge in [-0.1, -0.05) is 0 Å². The second-order valence-electron chi connectivity index (χ2n) is 7.26. The Bertz CT molecular complexity index is 966. The summed E-state index contributed by atoms with van der Waals surface area (Å²) in [5, 5.41) is 18.0. The molecule has 0 aromatic carbocycles. The molecule has 1 aliphatic rings. The minimum atomic E-state index is -4.49. The predicted molar refractivity (Wildman–Crippen MR) is 107 cm³/mol. The van der Waals surface area contributed by atoms with E-state index in [-0.39, 0.29) is 41.5 Å². The van der Waals surface area contributed by atoms with Crippen molar-refractivity contribution in [3.05, 3.63) is 41.3 Å². The number of hydrogen-bond acceptors (Lipinski definition) is 7. The molecule has 0 bridgehead atoms. The van der Waals surface area contributed by atoms with Crippen molar-refractivity contribution in [2.75, 3.05) is 17.7 Å². The Hall–Kier alpha value is -3.42. The van der Waals surface area contributed by atoms with Gasteiger partial charge in [-0.25, -0.2) is 4.98 Å². The highest BCUT2D eigenvalue weighted by molar-refractivity contribution is 5.78. The molecule has 1 amide bonds. The number of carbonyl (C=O) groups is 1. The van der Waals surface area contributed by atoms with Crippen molar-refractivity contribution < 1.29 is 18.0 Å². The summed E-state index contributed by atoms with van der Waals surface area (Å²) in [6.07, 6.45) is 1.97. The van der Waals surface area contributed by atoms with Crippen molar-refractivity contribution in [1.29, 1.82) is 5.26 Å². The maximum absolute atomic E-state index is 13.1. The fourth-order valence-electron chi connectivity index (χ4n) is 3.58. The van der Waals surface area contributed by atoms with Crippen LogP contribution >= 0.6 is 0 Å². The first kappa shape index (κ1) is 22.3. The molecule has 11 heteroatoms. The van der Waals surface area contributed by atoms with Gasteiger partial charge in [0.25, 0.3) is 0 Å². The van der Waals surface area contributed by atoms with E-state index < -0.39 is 11.7 Å². The molecule has 8 nitrogen and oxygen atoms in total. The fourth-order valence-corrected chi connectivity index (χ4v) is 3.58. The Kier molecular flexibility index (Phi) is 6.89. The average molecular weight is 433 g/mol. The standard InChI is InChI=1S/C20H22F3N7O/c1-25-18(31)12-2-4-15(5-3-12)29-17-13(8-24)10-27-19(30-17)28-11-14-9-26-7-6-16(14)20(21,22)23/h6-7,9-10,12,15H,2-5,11H2,1H3,(H,25,31)(H2,27,28,29,30). The first-order valence-corrected chi connectivity index (χ1v) is 9.81. The molecule has 0 aliphatic heterocycles. The molecule has 1 saturated carbocycles. The molecule has 31 heavy (non-hydrogen) atoms. The summed E-state index contributed by atoms with van der Waals surface area (Å²) in [6, 6.07) is 2.96. The number of nitriles is 1. The largest absolute Gasteiger partial charge is 0.416 e. The zero-order valence-corrected chi connectivity index (χ0v) is 16.8. The third kappa shape index (κ3) is 5.59. The minimum absolute atomic E-state index is 0.0246. The van der Waals surface area contributed by atoms with Crippen molar-refractivity contribution in [3.63, 3.8) is 0 Å².